The Balaban J connectivity index is 1.76. The van der Waals surface area contributed by atoms with Crippen molar-refractivity contribution in [3.63, 3.8) is 0 Å². The molecule has 0 saturated carbocycles. The van der Waals surface area contributed by atoms with Gasteiger partial charge in [0.25, 0.3) is 10.0 Å². The molecular formula is C22H18F3N3O4S. The van der Waals surface area contributed by atoms with Crippen molar-refractivity contribution in [3.05, 3.63) is 71.9 Å². The summed E-state index contributed by atoms with van der Waals surface area (Å²) < 4.78 is 75.7. The molecule has 0 aliphatic carbocycles. The Labute approximate surface area is 187 Å². The molecule has 4 rings (SSSR count). The first-order valence-corrected chi connectivity index (χ1v) is 11.1. The van der Waals surface area contributed by atoms with Crippen molar-refractivity contribution in [2.45, 2.75) is 19.3 Å². The van der Waals surface area contributed by atoms with Crippen LogP contribution in [0.15, 0.2) is 59.3 Å². The number of anilines is 2. The lowest BCUT2D eigenvalue weighted by molar-refractivity contribution is 0.236. The number of fused-ring (bicyclic) bond motifs is 1. The van der Waals surface area contributed by atoms with Crippen LogP contribution in [0.5, 0.6) is 5.75 Å². The maximum atomic E-state index is 13.2. The van der Waals surface area contributed by atoms with Gasteiger partial charge in [-0.2, -0.15) is 8.78 Å². The van der Waals surface area contributed by atoms with Crippen LogP contribution in [0.4, 0.5) is 24.7 Å². The minimum absolute atomic E-state index is 0.0189. The molecule has 2 aromatic carbocycles. The number of rotatable bonds is 7. The Hall–Kier alpha value is -3.73. The molecule has 172 valence electrons. The zero-order chi connectivity index (χ0) is 23.8. The zero-order valence-electron chi connectivity index (χ0n) is 17.2. The van der Waals surface area contributed by atoms with E-state index in [0.29, 0.717) is 27.7 Å². The number of sulfonamides is 1. The topological polar surface area (TPSA) is 107 Å². The highest BCUT2D eigenvalue weighted by Gasteiger charge is 2.25. The normalized spacial score (nSPS) is 11.8. The maximum Gasteiger partial charge on any atom is 0.355 e. The van der Waals surface area contributed by atoms with Crippen molar-refractivity contribution >= 4 is 32.5 Å². The van der Waals surface area contributed by atoms with Crippen molar-refractivity contribution in [2.24, 2.45) is 0 Å². The lowest BCUT2D eigenvalue weighted by Crippen LogP contribution is -2.21. The van der Waals surface area contributed by atoms with Crippen LogP contribution in [0.1, 0.15) is 11.1 Å². The molecule has 3 N–H and O–H groups in total. The molecule has 2 aromatic heterocycles. The first-order chi connectivity index (χ1) is 15.7. The van der Waals surface area contributed by atoms with E-state index in [0.717, 1.165) is 5.56 Å². The van der Waals surface area contributed by atoms with Crippen LogP contribution in [-0.4, -0.2) is 19.2 Å². The third-order valence-electron chi connectivity index (χ3n) is 4.89. The lowest BCUT2D eigenvalue weighted by Gasteiger charge is -2.15. The fraction of sp³-hybridized carbons (Fsp3) is 0.136. The summed E-state index contributed by atoms with van der Waals surface area (Å²) >= 11 is 0. The number of furan rings is 1. The fourth-order valence-electron chi connectivity index (χ4n) is 3.24. The Morgan fingerprint density at radius 1 is 1.18 bits per heavy atom. The highest BCUT2D eigenvalue weighted by molar-refractivity contribution is 7.93. The Bertz CT molecular complexity index is 1420. The van der Waals surface area contributed by atoms with E-state index in [9.17, 15) is 21.6 Å². The predicted molar refractivity (Wildman–Crippen MR) is 118 cm³/mol. The Morgan fingerprint density at radius 2 is 1.91 bits per heavy atom. The maximum absolute atomic E-state index is 13.2. The smallest absolute Gasteiger partial charge is 0.355 e. The van der Waals surface area contributed by atoms with E-state index in [1.807, 2.05) is 11.6 Å². The molecule has 0 spiro atoms. The van der Waals surface area contributed by atoms with Crippen LogP contribution in [0.3, 0.4) is 0 Å². The predicted octanol–water partition coefficient (Wildman–Crippen LogP) is 5.07. The summed E-state index contributed by atoms with van der Waals surface area (Å²) in [6.07, 6.45) is 3.04. The number of pyridine rings is 1. The van der Waals surface area contributed by atoms with Gasteiger partial charge in [-0.25, -0.2) is 17.8 Å². The summed E-state index contributed by atoms with van der Waals surface area (Å²) in [5.41, 5.74) is 8.82. The zero-order valence-corrected chi connectivity index (χ0v) is 18.0. The molecule has 0 bridgehead atoms. The fourth-order valence-corrected chi connectivity index (χ4v) is 3.80. The number of nitrogens with two attached hydrogens (primary N) is 1. The van der Waals surface area contributed by atoms with E-state index in [4.69, 9.17) is 14.9 Å². The first kappa shape index (κ1) is 22.5. The van der Waals surface area contributed by atoms with Gasteiger partial charge in [0, 0.05) is 17.3 Å². The second-order valence-corrected chi connectivity index (χ2v) is 8.86. The molecule has 0 fully saturated rings. The van der Waals surface area contributed by atoms with E-state index < -0.39 is 21.6 Å². The molecule has 0 amide bonds. The quantitative estimate of drug-likeness (QED) is 0.385. The van der Waals surface area contributed by atoms with Gasteiger partial charge in [0.1, 0.15) is 29.6 Å². The molecule has 11 heteroatoms. The summed E-state index contributed by atoms with van der Waals surface area (Å²) in [5, 5.41) is 0.556. The van der Waals surface area contributed by atoms with Crippen molar-refractivity contribution in [1.29, 1.82) is 0 Å². The summed E-state index contributed by atoms with van der Waals surface area (Å²) in [6.45, 7) is 1.74. The first-order valence-electron chi connectivity index (χ1n) is 9.59. The number of nitrogens with one attached hydrogen (secondary N) is 1. The molecule has 0 radical (unpaired) electrons. The highest BCUT2D eigenvalue weighted by Crippen LogP contribution is 2.39. The number of alkyl halides is 2. The molecule has 0 saturated heterocycles. The van der Waals surface area contributed by atoms with Crippen LogP contribution in [-0.2, 0) is 16.6 Å². The van der Waals surface area contributed by atoms with E-state index >= 15 is 0 Å². The molecule has 33 heavy (non-hydrogen) atoms. The largest absolute Gasteiger partial charge is 0.487 e. The van der Waals surface area contributed by atoms with Gasteiger partial charge < -0.3 is 14.9 Å². The number of halogens is 3. The molecule has 2 heterocycles. The summed E-state index contributed by atoms with van der Waals surface area (Å²) in [5.74, 6) is -3.85. The number of ether oxygens (including phenoxy) is 1. The van der Waals surface area contributed by atoms with Crippen LogP contribution in [0.2, 0.25) is 0 Å². The van der Waals surface area contributed by atoms with Gasteiger partial charge in [-0.3, -0.25) is 4.72 Å². The second-order valence-electron chi connectivity index (χ2n) is 7.21. The summed E-state index contributed by atoms with van der Waals surface area (Å²) in [6, 6.07) is 9.74. The van der Waals surface area contributed by atoms with Crippen LogP contribution in [0.25, 0.3) is 22.1 Å². The second kappa shape index (κ2) is 8.66. The van der Waals surface area contributed by atoms with Crippen LogP contribution < -0.4 is 15.2 Å². The Kier molecular flexibility index (Phi) is 5.90. The van der Waals surface area contributed by atoms with E-state index in [-0.39, 0.29) is 23.9 Å². The molecular weight excluding hydrogens is 459 g/mol. The highest BCUT2D eigenvalue weighted by atomic mass is 32.2. The molecule has 4 aromatic rings. The summed E-state index contributed by atoms with van der Waals surface area (Å²) in [4.78, 5) is 4.14. The molecule has 7 nitrogen and oxygen atoms in total. The average Bonchev–Trinajstić information content (AvgIpc) is 3.23. The number of aromatic nitrogens is 1. The number of hydrogen-bond acceptors (Lipinski definition) is 6. The van der Waals surface area contributed by atoms with Gasteiger partial charge in [-0.1, -0.05) is 18.2 Å². The van der Waals surface area contributed by atoms with E-state index in [2.05, 4.69) is 4.98 Å². The van der Waals surface area contributed by atoms with Crippen LogP contribution in [0, 0.1) is 12.7 Å². The average molecular weight is 477 g/mol. The molecule has 0 aliphatic rings. The van der Waals surface area contributed by atoms with E-state index in [1.165, 1.54) is 48.7 Å². The minimum Gasteiger partial charge on any atom is -0.487 e. The third-order valence-corrected chi connectivity index (χ3v) is 5.86. The van der Waals surface area contributed by atoms with Crippen molar-refractivity contribution < 1.29 is 30.7 Å². The SMILES string of the molecule is Cc1cnc(N)c2c(-c3ccc(NS(=O)(=O)C(F)F)c(OCc4ccc(F)cc4)c3)coc12. The minimum atomic E-state index is -4.94. The molecule has 0 unspecified atom stereocenters. The molecule has 0 aliphatic heterocycles. The van der Waals surface area contributed by atoms with Gasteiger partial charge in [0.15, 0.2) is 0 Å². The van der Waals surface area contributed by atoms with Crippen molar-refractivity contribution in [3.8, 4) is 16.9 Å². The van der Waals surface area contributed by atoms with Gasteiger partial charge in [-0.15, -0.1) is 0 Å². The van der Waals surface area contributed by atoms with Gasteiger partial charge >= 0.3 is 5.76 Å². The number of aryl methyl sites for hydroxylation is 1. The van der Waals surface area contributed by atoms with Crippen molar-refractivity contribution in [1.82, 2.24) is 4.98 Å². The van der Waals surface area contributed by atoms with Crippen molar-refractivity contribution in [2.75, 3.05) is 10.5 Å². The number of hydrogen-bond donors (Lipinski definition) is 2. The van der Waals surface area contributed by atoms with Gasteiger partial charge in [-0.05, 0) is 42.3 Å². The van der Waals surface area contributed by atoms with Gasteiger partial charge in [0.05, 0.1) is 17.3 Å². The van der Waals surface area contributed by atoms with Gasteiger partial charge in [0.2, 0.25) is 0 Å². The van der Waals surface area contributed by atoms with E-state index in [1.54, 1.807) is 6.20 Å². The third kappa shape index (κ3) is 4.58. The number of benzene rings is 2. The standard InChI is InChI=1S/C22H18F3N3O4S/c1-12-9-27-21(26)19-16(11-32-20(12)19)14-4-7-17(28-33(29,30)22(24)25)18(8-14)31-10-13-2-5-15(23)6-3-13/h2-9,11,22,28H,10H2,1H3,(H2,26,27). The summed E-state index contributed by atoms with van der Waals surface area (Å²) in [7, 11) is -4.94. The number of nitrogens with zero attached hydrogens (tertiary/aromatic N) is 1. The molecule has 0 atom stereocenters. The Morgan fingerprint density at radius 3 is 2.61 bits per heavy atom. The van der Waals surface area contributed by atoms with Crippen LogP contribution >= 0.6 is 0 Å². The lowest BCUT2D eigenvalue weighted by atomic mass is 10.0. The monoisotopic (exact) mass is 477 g/mol. The number of nitrogen functional groups attached to an aromatic ring is 1.